The molecule has 0 bridgehead atoms. The van der Waals surface area contributed by atoms with Gasteiger partial charge in [0.25, 0.3) is 0 Å². The number of carbonyl (C=O) groups excluding carboxylic acids is 2. The van der Waals surface area contributed by atoms with E-state index in [0.717, 1.165) is 11.6 Å². The van der Waals surface area contributed by atoms with E-state index >= 15 is 0 Å². The topological polar surface area (TPSA) is 57.6 Å². The van der Waals surface area contributed by atoms with Crippen molar-refractivity contribution in [3.63, 3.8) is 0 Å². The molecule has 0 unspecified atom stereocenters. The maximum Gasteiger partial charge on any atom is 0.243 e. The van der Waals surface area contributed by atoms with Crippen LogP contribution in [-0.4, -0.2) is 28.6 Å². The molecule has 0 heterocycles. The summed E-state index contributed by atoms with van der Waals surface area (Å²) >= 11 is 0. The molecule has 18 heavy (non-hydrogen) atoms. The van der Waals surface area contributed by atoms with Gasteiger partial charge in [0.15, 0.2) is 11.5 Å². The van der Waals surface area contributed by atoms with Gasteiger partial charge in [-0.2, -0.15) is 0 Å². The van der Waals surface area contributed by atoms with Crippen molar-refractivity contribution in [2.75, 3.05) is 7.05 Å². The number of allylic oxidation sites excluding steroid dienone is 2. The zero-order valence-electron chi connectivity index (χ0n) is 9.96. The summed E-state index contributed by atoms with van der Waals surface area (Å²) in [4.78, 5) is 24.7. The molecule has 0 saturated carbocycles. The fourth-order valence-corrected chi connectivity index (χ4v) is 1.80. The average Bonchev–Trinajstić information content (AvgIpc) is 2.35. The number of aliphatic hydroxyl groups excluding tert-OH is 1. The van der Waals surface area contributed by atoms with Gasteiger partial charge in [0.05, 0.1) is 5.70 Å². The molecule has 0 fully saturated rings. The number of hydrogen-bond acceptors (Lipinski definition) is 4. The van der Waals surface area contributed by atoms with Crippen LogP contribution in [0.1, 0.15) is 5.56 Å². The monoisotopic (exact) mass is 243 g/mol. The van der Waals surface area contributed by atoms with Crippen LogP contribution in [0.2, 0.25) is 0 Å². The molecule has 0 aliphatic heterocycles. The van der Waals surface area contributed by atoms with Gasteiger partial charge in [-0.3, -0.25) is 9.59 Å². The van der Waals surface area contributed by atoms with Gasteiger partial charge < -0.3 is 10.0 Å². The minimum absolute atomic E-state index is 0.212. The molecule has 1 aromatic carbocycles. The highest BCUT2D eigenvalue weighted by molar-refractivity contribution is 6.18. The highest BCUT2D eigenvalue weighted by Gasteiger charge is 2.23. The highest BCUT2D eigenvalue weighted by atomic mass is 16.3. The Labute approximate surface area is 105 Å². The number of hydrogen-bond donors (Lipinski definition) is 1. The lowest BCUT2D eigenvalue weighted by Gasteiger charge is -2.22. The Balaban J connectivity index is 2.17. The summed E-state index contributed by atoms with van der Waals surface area (Å²) in [5.41, 5.74) is 1.24. The third-order valence-corrected chi connectivity index (χ3v) is 2.70. The molecule has 4 nitrogen and oxygen atoms in total. The Hall–Kier alpha value is -2.36. The number of carbonyl (C=O) groups is 2. The second-order valence-electron chi connectivity index (χ2n) is 4.13. The number of nitrogens with zero attached hydrogens (tertiary/aromatic N) is 1. The molecule has 0 radical (unpaired) electrons. The molecule has 2 rings (SSSR count). The van der Waals surface area contributed by atoms with E-state index in [1.54, 1.807) is 11.9 Å². The van der Waals surface area contributed by atoms with Crippen LogP contribution in [0, 0.1) is 0 Å². The first-order valence-electron chi connectivity index (χ1n) is 5.54. The number of Topliss-reactive ketones (excluding diaryl/α,β-unsaturated/α-hetero) is 1. The maximum atomic E-state index is 11.7. The molecule has 0 amide bonds. The van der Waals surface area contributed by atoms with E-state index in [0.29, 0.717) is 6.54 Å². The molecule has 0 aromatic heterocycles. The van der Waals surface area contributed by atoms with Crippen LogP contribution in [0.25, 0.3) is 0 Å². The van der Waals surface area contributed by atoms with E-state index < -0.39 is 11.5 Å². The smallest absolute Gasteiger partial charge is 0.243 e. The summed E-state index contributed by atoms with van der Waals surface area (Å²) in [6, 6.07) is 9.59. The first kappa shape index (κ1) is 12.1. The van der Waals surface area contributed by atoms with E-state index in [4.69, 9.17) is 0 Å². The molecule has 0 saturated heterocycles. The van der Waals surface area contributed by atoms with Gasteiger partial charge in [0, 0.05) is 25.7 Å². The minimum Gasteiger partial charge on any atom is -0.504 e. The van der Waals surface area contributed by atoms with E-state index in [-0.39, 0.29) is 11.5 Å². The maximum absolute atomic E-state index is 11.7. The van der Waals surface area contributed by atoms with Gasteiger partial charge in [-0.1, -0.05) is 30.3 Å². The van der Waals surface area contributed by atoms with Crippen LogP contribution >= 0.6 is 0 Å². The van der Waals surface area contributed by atoms with E-state index in [2.05, 4.69) is 0 Å². The van der Waals surface area contributed by atoms with Gasteiger partial charge in [-0.05, 0) is 5.56 Å². The van der Waals surface area contributed by atoms with Crippen molar-refractivity contribution in [1.82, 2.24) is 4.90 Å². The van der Waals surface area contributed by atoms with Crippen molar-refractivity contribution in [1.29, 1.82) is 0 Å². The molecular formula is C14H13NO3. The zero-order valence-corrected chi connectivity index (χ0v) is 9.96. The molecule has 92 valence electrons. The van der Waals surface area contributed by atoms with Gasteiger partial charge in [0.2, 0.25) is 5.78 Å². The lowest BCUT2D eigenvalue weighted by Crippen LogP contribution is -2.27. The molecule has 0 spiro atoms. The van der Waals surface area contributed by atoms with Crippen LogP contribution in [0.15, 0.2) is 53.9 Å². The van der Waals surface area contributed by atoms with E-state index in [1.807, 2.05) is 30.3 Å². The molecule has 1 aliphatic carbocycles. The molecule has 1 N–H and O–H groups in total. The summed E-state index contributed by atoms with van der Waals surface area (Å²) in [6.45, 7) is 0.499. The molecular weight excluding hydrogens is 230 g/mol. The zero-order chi connectivity index (χ0) is 13.1. The van der Waals surface area contributed by atoms with E-state index in [1.165, 1.54) is 6.08 Å². The molecule has 4 heteroatoms. The second kappa shape index (κ2) is 4.87. The second-order valence-corrected chi connectivity index (χ2v) is 4.13. The Kier molecular flexibility index (Phi) is 3.28. The standard InChI is InChI=1S/C14H13NO3/c1-15(9-10-5-3-2-4-6-10)12-7-11(16)8-13(17)14(12)18/h2-8,17H,9H2,1H3. The van der Waals surface area contributed by atoms with Gasteiger partial charge in [0.1, 0.15) is 0 Å². The fourth-order valence-electron chi connectivity index (χ4n) is 1.80. The van der Waals surface area contributed by atoms with Crippen molar-refractivity contribution in [3.8, 4) is 0 Å². The van der Waals surface area contributed by atoms with Crippen molar-refractivity contribution in [2.45, 2.75) is 6.54 Å². The first-order chi connectivity index (χ1) is 8.58. The van der Waals surface area contributed by atoms with Crippen molar-refractivity contribution in [2.24, 2.45) is 0 Å². The Morgan fingerprint density at radius 3 is 2.44 bits per heavy atom. The molecule has 0 atom stereocenters. The number of aliphatic hydroxyl groups is 1. The quantitative estimate of drug-likeness (QED) is 0.819. The predicted octanol–water partition coefficient (Wildman–Crippen LogP) is 1.60. The largest absolute Gasteiger partial charge is 0.504 e. The van der Waals surface area contributed by atoms with Crippen molar-refractivity contribution >= 4 is 11.6 Å². The Bertz CT molecular complexity index is 543. The third-order valence-electron chi connectivity index (χ3n) is 2.70. The van der Waals surface area contributed by atoms with Crippen LogP contribution in [0.5, 0.6) is 0 Å². The van der Waals surface area contributed by atoms with Gasteiger partial charge in [-0.25, -0.2) is 0 Å². The highest BCUT2D eigenvalue weighted by Crippen LogP contribution is 2.16. The predicted molar refractivity (Wildman–Crippen MR) is 66.7 cm³/mol. The van der Waals surface area contributed by atoms with Crippen molar-refractivity contribution < 1.29 is 14.7 Å². The van der Waals surface area contributed by atoms with Crippen LogP contribution in [-0.2, 0) is 16.1 Å². The molecule has 1 aromatic rings. The van der Waals surface area contributed by atoms with Gasteiger partial charge >= 0.3 is 0 Å². The van der Waals surface area contributed by atoms with Crippen LogP contribution < -0.4 is 0 Å². The summed E-state index contributed by atoms with van der Waals surface area (Å²) in [6.07, 6.45) is 2.17. The normalized spacial score (nSPS) is 15.2. The Morgan fingerprint density at radius 2 is 1.78 bits per heavy atom. The Morgan fingerprint density at radius 1 is 1.11 bits per heavy atom. The number of benzene rings is 1. The summed E-state index contributed by atoms with van der Waals surface area (Å²) in [7, 11) is 1.71. The van der Waals surface area contributed by atoms with Crippen LogP contribution in [0.4, 0.5) is 0 Å². The van der Waals surface area contributed by atoms with Crippen molar-refractivity contribution in [3.05, 3.63) is 59.5 Å². The van der Waals surface area contributed by atoms with Crippen LogP contribution in [0.3, 0.4) is 0 Å². The van der Waals surface area contributed by atoms with Gasteiger partial charge in [-0.15, -0.1) is 0 Å². The third kappa shape index (κ3) is 2.48. The lowest BCUT2D eigenvalue weighted by atomic mass is 10.1. The number of likely N-dealkylation sites (N-methyl/N-ethyl adjacent to an activating group) is 1. The minimum atomic E-state index is -0.520. The summed E-state index contributed by atoms with van der Waals surface area (Å²) in [5.74, 6) is -1.40. The molecule has 1 aliphatic rings. The SMILES string of the molecule is CN(Cc1ccccc1)C1=CC(=O)C=C(O)C1=O. The lowest BCUT2D eigenvalue weighted by molar-refractivity contribution is -0.118. The number of rotatable bonds is 3. The van der Waals surface area contributed by atoms with E-state index in [9.17, 15) is 14.7 Å². The fraction of sp³-hybridized carbons (Fsp3) is 0.143. The number of ketones is 2. The first-order valence-corrected chi connectivity index (χ1v) is 5.54. The average molecular weight is 243 g/mol. The summed E-state index contributed by atoms with van der Waals surface area (Å²) < 4.78 is 0. The summed E-state index contributed by atoms with van der Waals surface area (Å²) in [5, 5.41) is 9.36.